The molecule has 1 aromatic heterocycles. The topological polar surface area (TPSA) is 95.0 Å². The van der Waals surface area contributed by atoms with Gasteiger partial charge in [0.15, 0.2) is 0 Å². The molecule has 0 bridgehead atoms. The molecular weight excluding hydrogens is 398 g/mol. The van der Waals surface area contributed by atoms with Crippen molar-refractivity contribution in [1.29, 1.82) is 0 Å². The fraction of sp³-hybridized carbons (Fsp3) is 0.542. The van der Waals surface area contributed by atoms with E-state index in [0.717, 1.165) is 19.3 Å². The molecule has 0 spiro atoms. The van der Waals surface area contributed by atoms with Crippen molar-refractivity contribution in [2.75, 3.05) is 0 Å². The Balaban J connectivity index is 1.65. The van der Waals surface area contributed by atoms with E-state index in [-0.39, 0.29) is 30.1 Å². The number of rotatable bonds is 3. The summed E-state index contributed by atoms with van der Waals surface area (Å²) in [6.07, 6.45) is 10.0. The van der Waals surface area contributed by atoms with Crippen LogP contribution in [0, 0.1) is 11.3 Å². The number of aromatic nitrogens is 1. The summed E-state index contributed by atoms with van der Waals surface area (Å²) in [5, 5.41) is 10.8. The third kappa shape index (κ3) is 6.66. The summed E-state index contributed by atoms with van der Waals surface area (Å²) in [5.41, 5.74) is 0.263. The molecule has 168 valence electrons. The minimum atomic E-state index is -0.864. The number of cyclic esters (lactones) is 1. The second kappa shape index (κ2) is 10.6. The highest BCUT2D eigenvalue weighted by atomic mass is 16.7. The Morgan fingerprint density at radius 3 is 3.00 bits per heavy atom. The summed E-state index contributed by atoms with van der Waals surface area (Å²) in [6, 6.07) is 5.38. The first-order valence-electron chi connectivity index (χ1n) is 10.8. The average Bonchev–Trinajstić information content (AvgIpc) is 3.06. The van der Waals surface area contributed by atoms with Gasteiger partial charge in [-0.1, -0.05) is 25.1 Å². The number of esters is 1. The van der Waals surface area contributed by atoms with Gasteiger partial charge < -0.3 is 19.3 Å². The van der Waals surface area contributed by atoms with Gasteiger partial charge in [0.05, 0.1) is 17.9 Å². The van der Waals surface area contributed by atoms with E-state index in [1.54, 1.807) is 18.3 Å². The second-order valence-electron chi connectivity index (χ2n) is 8.58. The predicted molar refractivity (Wildman–Crippen MR) is 114 cm³/mol. The van der Waals surface area contributed by atoms with Gasteiger partial charge in [-0.25, -0.2) is 9.59 Å². The minimum absolute atomic E-state index is 0.0406. The SMILES string of the molecule is C[C@H]1CCC/C=C/[C@]2(C)C[C@H](OC(=O)OCc3ccccn3)C[C@H]2[C@H](O)/C=C/C(=O)O1. The van der Waals surface area contributed by atoms with E-state index in [4.69, 9.17) is 14.2 Å². The van der Waals surface area contributed by atoms with Gasteiger partial charge in [-0.05, 0) is 62.7 Å². The standard InChI is InChI=1S/C24H31NO6/c1-17-8-4-3-6-12-24(2)15-19(14-20(24)21(26)10-11-22(27)30-17)31-23(28)29-16-18-9-5-7-13-25-18/h5-7,9-13,17,19-21,26H,3-4,8,14-16H2,1-2H3/b11-10+,12-6+/t17-,19+,20-,21+,24+/m0/s1. The molecule has 7 nitrogen and oxygen atoms in total. The van der Waals surface area contributed by atoms with Gasteiger partial charge in [0.2, 0.25) is 0 Å². The Morgan fingerprint density at radius 2 is 2.23 bits per heavy atom. The summed E-state index contributed by atoms with van der Waals surface area (Å²) < 4.78 is 16.1. The molecule has 1 saturated carbocycles. The average molecular weight is 430 g/mol. The van der Waals surface area contributed by atoms with Crippen molar-refractivity contribution in [2.45, 2.75) is 70.9 Å². The number of allylic oxidation sites excluding steroid dienone is 2. The molecule has 31 heavy (non-hydrogen) atoms. The van der Waals surface area contributed by atoms with Crippen LogP contribution in [0.5, 0.6) is 0 Å². The Bertz CT molecular complexity index is 808. The van der Waals surface area contributed by atoms with E-state index >= 15 is 0 Å². The van der Waals surface area contributed by atoms with Crippen LogP contribution in [-0.4, -0.2) is 40.5 Å². The maximum atomic E-state index is 12.2. The van der Waals surface area contributed by atoms with Gasteiger partial charge in [0, 0.05) is 18.2 Å². The van der Waals surface area contributed by atoms with Crippen LogP contribution < -0.4 is 0 Å². The van der Waals surface area contributed by atoms with E-state index < -0.39 is 18.2 Å². The van der Waals surface area contributed by atoms with E-state index in [1.165, 1.54) is 12.2 Å². The highest BCUT2D eigenvalue weighted by Gasteiger charge is 2.46. The number of fused-ring (bicyclic) bond motifs is 1. The summed E-state index contributed by atoms with van der Waals surface area (Å²) in [7, 11) is 0. The smallest absolute Gasteiger partial charge is 0.460 e. The van der Waals surface area contributed by atoms with Crippen LogP contribution in [0.25, 0.3) is 0 Å². The maximum absolute atomic E-state index is 12.2. The Morgan fingerprint density at radius 1 is 1.39 bits per heavy atom. The molecule has 1 aliphatic heterocycles. The quantitative estimate of drug-likeness (QED) is 0.571. The van der Waals surface area contributed by atoms with Gasteiger partial charge in [0.1, 0.15) is 12.7 Å². The van der Waals surface area contributed by atoms with Crippen LogP contribution in [0.15, 0.2) is 48.7 Å². The summed E-state index contributed by atoms with van der Waals surface area (Å²) in [5.74, 6) is -0.663. The van der Waals surface area contributed by atoms with Crippen molar-refractivity contribution in [1.82, 2.24) is 4.98 Å². The maximum Gasteiger partial charge on any atom is 0.508 e. The van der Waals surface area contributed by atoms with E-state index in [9.17, 15) is 14.7 Å². The third-order valence-electron chi connectivity index (χ3n) is 6.00. The molecule has 7 heteroatoms. The minimum Gasteiger partial charge on any atom is -0.460 e. The Labute approximate surface area is 183 Å². The van der Waals surface area contributed by atoms with Crippen LogP contribution in [0.3, 0.4) is 0 Å². The Hall–Kier alpha value is -2.67. The molecule has 5 atom stereocenters. The highest BCUT2D eigenvalue weighted by molar-refractivity contribution is 5.82. The molecule has 0 amide bonds. The van der Waals surface area contributed by atoms with E-state index in [2.05, 4.69) is 17.1 Å². The van der Waals surface area contributed by atoms with Gasteiger partial charge in [0.25, 0.3) is 0 Å². The van der Waals surface area contributed by atoms with Crippen LogP contribution in [-0.2, 0) is 25.6 Å². The van der Waals surface area contributed by atoms with Crippen molar-refractivity contribution in [3.8, 4) is 0 Å². The number of ether oxygens (including phenoxy) is 3. The molecule has 0 aromatic carbocycles. The Kier molecular flexibility index (Phi) is 7.85. The number of hydrogen-bond acceptors (Lipinski definition) is 7. The van der Waals surface area contributed by atoms with Crippen LogP contribution in [0.2, 0.25) is 0 Å². The van der Waals surface area contributed by atoms with E-state index in [0.29, 0.717) is 18.5 Å². The third-order valence-corrected chi connectivity index (χ3v) is 6.00. The number of hydrogen-bond donors (Lipinski definition) is 1. The largest absolute Gasteiger partial charge is 0.508 e. The first kappa shape index (κ1) is 23.0. The van der Waals surface area contributed by atoms with Crippen molar-refractivity contribution in [2.24, 2.45) is 11.3 Å². The van der Waals surface area contributed by atoms with Crippen molar-refractivity contribution >= 4 is 12.1 Å². The zero-order valence-corrected chi connectivity index (χ0v) is 18.1. The lowest BCUT2D eigenvalue weighted by Crippen LogP contribution is -2.29. The summed E-state index contributed by atoms with van der Waals surface area (Å²) in [6.45, 7) is 3.96. The molecule has 2 aliphatic rings. The molecule has 1 N–H and O–H groups in total. The second-order valence-corrected chi connectivity index (χ2v) is 8.58. The molecule has 1 fully saturated rings. The fourth-order valence-corrected chi connectivity index (χ4v) is 4.36. The van der Waals surface area contributed by atoms with Crippen LogP contribution in [0.4, 0.5) is 4.79 Å². The first-order chi connectivity index (χ1) is 14.9. The molecule has 1 aromatic rings. The lowest BCUT2D eigenvalue weighted by molar-refractivity contribution is -0.142. The number of aliphatic hydroxyl groups excluding tert-OH is 1. The van der Waals surface area contributed by atoms with Crippen LogP contribution >= 0.6 is 0 Å². The van der Waals surface area contributed by atoms with E-state index in [1.807, 2.05) is 19.9 Å². The van der Waals surface area contributed by atoms with Crippen LogP contribution in [0.1, 0.15) is 51.6 Å². The molecule has 0 radical (unpaired) electrons. The number of pyridine rings is 1. The van der Waals surface area contributed by atoms with Gasteiger partial charge >= 0.3 is 12.1 Å². The lowest BCUT2D eigenvalue weighted by Gasteiger charge is -2.30. The number of carbonyl (C=O) groups excluding carboxylic acids is 2. The number of carbonyl (C=O) groups is 2. The van der Waals surface area contributed by atoms with Crippen molar-refractivity contribution in [3.63, 3.8) is 0 Å². The predicted octanol–water partition coefficient (Wildman–Crippen LogP) is 4.11. The molecular formula is C24H31NO6. The number of nitrogens with zero attached hydrogens (tertiary/aromatic N) is 1. The summed E-state index contributed by atoms with van der Waals surface area (Å²) >= 11 is 0. The molecule has 3 rings (SSSR count). The zero-order chi connectivity index (χ0) is 22.3. The van der Waals surface area contributed by atoms with Gasteiger partial charge in [-0.15, -0.1) is 0 Å². The number of aliphatic hydroxyl groups is 1. The van der Waals surface area contributed by atoms with Gasteiger partial charge in [-0.2, -0.15) is 0 Å². The van der Waals surface area contributed by atoms with Gasteiger partial charge in [-0.3, -0.25) is 4.98 Å². The monoisotopic (exact) mass is 429 g/mol. The lowest BCUT2D eigenvalue weighted by atomic mass is 9.76. The first-order valence-corrected chi connectivity index (χ1v) is 10.8. The molecule has 0 unspecified atom stereocenters. The van der Waals surface area contributed by atoms with Crippen molar-refractivity contribution < 1.29 is 28.9 Å². The molecule has 2 heterocycles. The summed E-state index contributed by atoms with van der Waals surface area (Å²) in [4.78, 5) is 28.3. The molecule has 0 saturated heterocycles. The normalized spacial score (nSPS) is 33.6. The van der Waals surface area contributed by atoms with Crippen molar-refractivity contribution in [3.05, 3.63) is 54.4 Å². The fourth-order valence-electron chi connectivity index (χ4n) is 4.36. The zero-order valence-electron chi connectivity index (χ0n) is 18.1. The highest BCUT2D eigenvalue weighted by Crippen LogP contribution is 2.47. The molecule has 1 aliphatic carbocycles.